The molecule has 3 rings (SSSR count). The summed E-state index contributed by atoms with van der Waals surface area (Å²) in [5, 5.41) is 0.950. The number of hydrogen-bond donors (Lipinski definition) is 0. The minimum Gasteiger partial charge on any atom is -0.476 e. The van der Waals surface area contributed by atoms with E-state index in [4.69, 9.17) is 9.47 Å². The summed E-state index contributed by atoms with van der Waals surface area (Å²) in [5.74, 6) is 0.839. The van der Waals surface area contributed by atoms with Crippen molar-refractivity contribution in [2.45, 2.75) is 26.4 Å². The lowest BCUT2D eigenvalue weighted by atomic mass is 10.0. The van der Waals surface area contributed by atoms with Gasteiger partial charge in [0.05, 0.1) is 17.3 Å². The SMILES string of the molecule is CCOC(=O)CN1C(=O)C(C)(C)Oc2ccc(C3=NCCS3)cc21. The van der Waals surface area contributed by atoms with Crippen LogP contribution in [0, 0.1) is 0 Å². The van der Waals surface area contributed by atoms with Crippen LogP contribution in [0.2, 0.25) is 0 Å². The van der Waals surface area contributed by atoms with Gasteiger partial charge in [-0.2, -0.15) is 0 Å². The van der Waals surface area contributed by atoms with Gasteiger partial charge in [-0.3, -0.25) is 19.5 Å². The maximum Gasteiger partial charge on any atom is 0.326 e. The van der Waals surface area contributed by atoms with Crippen LogP contribution < -0.4 is 9.64 Å². The number of amides is 1. The van der Waals surface area contributed by atoms with Crippen LogP contribution in [0.3, 0.4) is 0 Å². The molecule has 1 amide bonds. The van der Waals surface area contributed by atoms with E-state index >= 15 is 0 Å². The van der Waals surface area contributed by atoms with Crippen molar-refractivity contribution >= 4 is 34.4 Å². The molecule has 2 aliphatic heterocycles. The minimum atomic E-state index is -1.03. The third kappa shape index (κ3) is 3.13. The van der Waals surface area contributed by atoms with Crippen LogP contribution in [0.5, 0.6) is 5.75 Å². The highest BCUT2D eigenvalue weighted by Crippen LogP contribution is 2.39. The summed E-state index contributed by atoms with van der Waals surface area (Å²) in [6.45, 7) is 6.08. The molecule has 0 bridgehead atoms. The maximum absolute atomic E-state index is 12.7. The third-order valence-electron chi connectivity index (χ3n) is 3.80. The highest BCUT2D eigenvalue weighted by atomic mass is 32.2. The van der Waals surface area contributed by atoms with Crippen molar-refractivity contribution in [3.8, 4) is 5.75 Å². The third-order valence-corrected chi connectivity index (χ3v) is 4.82. The van der Waals surface area contributed by atoms with E-state index in [0.29, 0.717) is 11.4 Å². The molecule has 6 nitrogen and oxygen atoms in total. The van der Waals surface area contributed by atoms with Gasteiger partial charge < -0.3 is 9.47 Å². The first kappa shape index (κ1) is 16.8. The van der Waals surface area contributed by atoms with E-state index in [0.717, 1.165) is 22.9 Å². The second-order valence-corrected chi connectivity index (χ2v) is 7.11. The standard InChI is InChI=1S/C17H20N2O4S/c1-4-22-14(20)10-19-12-9-11(15-18-7-8-24-15)5-6-13(12)23-17(2,3)16(19)21/h5-6,9H,4,7-8,10H2,1-3H3. The molecule has 7 heteroatoms. The highest BCUT2D eigenvalue weighted by Gasteiger charge is 2.42. The molecule has 0 radical (unpaired) electrons. The van der Waals surface area contributed by atoms with Gasteiger partial charge in [-0.1, -0.05) is 0 Å². The predicted molar refractivity (Wildman–Crippen MR) is 94.0 cm³/mol. The molecule has 0 saturated heterocycles. The van der Waals surface area contributed by atoms with Crippen LogP contribution in [0.4, 0.5) is 5.69 Å². The van der Waals surface area contributed by atoms with Crippen molar-refractivity contribution in [1.29, 1.82) is 0 Å². The molecule has 0 atom stereocenters. The summed E-state index contributed by atoms with van der Waals surface area (Å²) in [6.07, 6.45) is 0. The molecular formula is C17H20N2O4S. The lowest BCUT2D eigenvalue weighted by Gasteiger charge is -2.38. The minimum absolute atomic E-state index is 0.129. The summed E-state index contributed by atoms with van der Waals surface area (Å²) in [6, 6.07) is 5.63. The van der Waals surface area contributed by atoms with Crippen LogP contribution in [0.25, 0.3) is 0 Å². The smallest absolute Gasteiger partial charge is 0.326 e. The Labute approximate surface area is 145 Å². The fourth-order valence-corrected chi connectivity index (χ4v) is 3.56. The Morgan fingerprint density at radius 2 is 2.25 bits per heavy atom. The number of hydrogen-bond acceptors (Lipinski definition) is 6. The van der Waals surface area contributed by atoms with Gasteiger partial charge in [-0.25, -0.2) is 0 Å². The fourth-order valence-electron chi connectivity index (χ4n) is 2.70. The summed E-state index contributed by atoms with van der Waals surface area (Å²) >= 11 is 1.68. The van der Waals surface area contributed by atoms with Crippen LogP contribution in [-0.4, -0.2) is 48.0 Å². The number of fused-ring (bicyclic) bond motifs is 1. The van der Waals surface area contributed by atoms with Crippen LogP contribution in [-0.2, 0) is 14.3 Å². The molecule has 1 aromatic rings. The van der Waals surface area contributed by atoms with E-state index in [1.165, 1.54) is 4.90 Å². The quantitative estimate of drug-likeness (QED) is 0.781. The Balaban J connectivity index is 1.99. The summed E-state index contributed by atoms with van der Waals surface area (Å²) in [5.41, 5.74) is 0.488. The topological polar surface area (TPSA) is 68.2 Å². The molecule has 1 aromatic carbocycles. The van der Waals surface area contributed by atoms with Crippen molar-refractivity contribution in [1.82, 2.24) is 0 Å². The van der Waals surface area contributed by atoms with Crippen LogP contribution in [0.1, 0.15) is 26.3 Å². The summed E-state index contributed by atoms with van der Waals surface area (Å²) < 4.78 is 10.8. The van der Waals surface area contributed by atoms with Crippen molar-refractivity contribution in [3.63, 3.8) is 0 Å². The van der Waals surface area contributed by atoms with Gasteiger partial charge in [0.2, 0.25) is 0 Å². The fraction of sp³-hybridized carbons (Fsp3) is 0.471. The average Bonchev–Trinajstić information content (AvgIpc) is 3.06. The summed E-state index contributed by atoms with van der Waals surface area (Å²) in [4.78, 5) is 30.6. The van der Waals surface area contributed by atoms with Crippen molar-refractivity contribution in [3.05, 3.63) is 23.8 Å². The van der Waals surface area contributed by atoms with Crippen molar-refractivity contribution in [2.24, 2.45) is 4.99 Å². The number of thioether (sulfide) groups is 1. The largest absolute Gasteiger partial charge is 0.476 e. The molecular weight excluding hydrogens is 328 g/mol. The maximum atomic E-state index is 12.7. The normalized spacial score (nSPS) is 18.7. The number of anilines is 1. The summed E-state index contributed by atoms with van der Waals surface area (Å²) in [7, 11) is 0. The number of rotatable bonds is 4. The molecule has 0 aromatic heterocycles. The van der Waals surface area contributed by atoms with E-state index in [2.05, 4.69) is 4.99 Å². The Kier molecular flexibility index (Phi) is 4.54. The molecule has 0 spiro atoms. The molecule has 0 saturated carbocycles. The molecule has 0 N–H and O–H groups in total. The van der Waals surface area contributed by atoms with Gasteiger partial charge >= 0.3 is 5.97 Å². The van der Waals surface area contributed by atoms with E-state index in [1.807, 2.05) is 18.2 Å². The molecule has 0 unspecified atom stereocenters. The second-order valence-electron chi connectivity index (χ2n) is 6.03. The number of ether oxygens (including phenoxy) is 2. The van der Waals surface area contributed by atoms with Gasteiger partial charge in [0.15, 0.2) is 5.60 Å². The van der Waals surface area contributed by atoms with Crippen molar-refractivity contribution < 1.29 is 19.1 Å². The Morgan fingerprint density at radius 1 is 1.46 bits per heavy atom. The Morgan fingerprint density at radius 3 is 2.92 bits per heavy atom. The van der Waals surface area contributed by atoms with Gasteiger partial charge in [0.25, 0.3) is 5.91 Å². The van der Waals surface area contributed by atoms with Gasteiger partial charge in [-0.15, -0.1) is 11.8 Å². The van der Waals surface area contributed by atoms with E-state index in [1.54, 1.807) is 32.5 Å². The zero-order valence-electron chi connectivity index (χ0n) is 14.0. The first-order chi connectivity index (χ1) is 11.4. The zero-order valence-corrected chi connectivity index (χ0v) is 14.8. The molecule has 2 heterocycles. The molecule has 0 fully saturated rings. The van der Waals surface area contributed by atoms with Gasteiger partial charge in [0, 0.05) is 17.9 Å². The second kappa shape index (κ2) is 6.47. The van der Waals surface area contributed by atoms with Gasteiger partial charge in [0.1, 0.15) is 12.3 Å². The zero-order chi connectivity index (χ0) is 17.3. The molecule has 24 heavy (non-hydrogen) atoms. The van der Waals surface area contributed by atoms with Crippen LogP contribution >= 0.6 is 11.8 Å². The predicted octanol–water partition coefficient (Wildman–Crippen LogP) is 2.25. The molecule has 2 aliphatic rings. The number of carbonyl (C=O) groups is 2. The van der Waals surface area contributed by atoms with E-state index in [9.17, 15) is 9.59 Å². The average molecular weight is 348 g/mol. The number of aliphatic imine (C=N–C) groups is 1. The first-order valence-electron chi connectivity index (χ1n) is 7.90. The van der Waals surface area contributed by atoms with E-state index in [-0.39, 0.29) is 19.1 Å². The number of nitrogens with zero attached hydrogens (tertiary/aromatic N) is 2. The lowest BCUT2D eigenvalue weighted by molar-refractivity contribution is -0.144. The van der Waals surface area contributed by atoms with E-state index < -0.39 is 11.6 Å². The number of esters is 1. The highest BCUT2D eigenvalue weighted by molar-refractivity contribution is 8.14. The molecule has 128 valence electrons. The molecule has 0 aliphatic carbocycles. The van der Waals surface area contributed by atoms with Crippen LogP contribution in [0.15, 0.2) is 23.2 Å². The monoisotopic (exact) mass is 348 g/mol. The number of benzene rings is 1. The Bertz CT molecular complexity index is 715. The van der Waals surface area contributed by atoms with Gasteiger partial charge in [-0.05, 0) is 39.0 Å². The first-order valence-corrected chi connectivity index (χ1v) is 8.89. The van der Waals surface area contributed by atoms with Crippen molar-refractivity contribution in [2.75, 3.05) is 30.3 Å². The lowest BCUT2D eigenvalue weighted by Crippen LogP contribution is -2.54. The Hall–Kier alpha value is -2.02. The number of carbonyl (C=O) groups excluding carboxylic acids is 2.